The van der Waals surface area contributed by atoms with Gasteiger partial charge >= 0.3 is 0 Å². The first-order valence-corrected chi connectivity index (χ1v) is 2.73. The second-order valence-corrected chi connectivity index (χ2v) is 1.81. The molecule has 2 radical (unpaired) electrons. The zero-order valence-corrected chi connectivity index (χ0v) is 5.26. The highest BCUT2D eigenvalue weighted by molar-refractivity contribution is 5.42. The van der Waals surface area contributed by atoms with Crippen molar-refractivity contribution in [3.8, 4) is 0 Å². The zero-order chi connectivity index (χ0) is 6.69. The fraction of sp³-hybridized carbons (Fsp3) is 0.143. The van der Waals surface area contributed by atoms with E-state index in [-0.39, 0.29) is 0 Å². The molecule has 1 N–H and O–H groups in total. The lowest BCUT2D eigenvalue weighted by atomic mass is 10.3. The van der Waals surface area contributed by atoms with Crippen molar-refractivity contribution in [3.63, 3.8) is 0 Å². The van der Waals surface area contributed by atoms with Crippen LogP contribution in [0.4, 0.5) is 5.82 Å². The van der Waals surface area contributed by atoms with Gasteiger partial charge in [0, 0.05) is 6.20 Å². The number of hydrogen-bond acceptors (Lipinski definition) is 2. The van der Waals surface area contributed by atoms with Crippen LogP contribution in [0.3, 0.4) is 0 Å². The summed E-state index contributed by atoms with van der Waals surface area (Å²) in [4.78, 5) is 3.96. The summed E-state index contributed by atoms with van der Waals surface area (Å²) in [5.74, 6) is 0.734. The van der Waals surface area contributed by atoms with Crippen LogP contribution in [0.25, 0.3) is 0 Å². The van der Waals surface area contributed by atoms with Crippen molar-refractivity contribution >= 4 is 5.82 Å². The average molecular weight is 120 g/mol. The zero-order valence-electron chi connectivity index (χ0n) is 5.26. The van der Waals surface area contributed by atoms with E-state index in [1.54, 1.807) is 6.20 Å². The molecular formula is C7H8N2. The predicted octanol–water partition coefficient (Wildman–Crippen LogP) is 1.47. The van der Waals surface area contributed by atoms with Crippen molar-refractivity contribution in [2.75, 3.05) is 5.32 Å². The van der Waals surface area contributed by atoms with Crippen molar-refractivity contribution in [1.29, 1.82) is 0 Å². The molecule has 0 aliphatic rings. The lowest BCUT2D eigenvalue weighted by Crippen LogP contribution is -1.90. The Balaban J connectivity index is 3.01. The Kier molecular flexibility index (Phi) is 1.68. The number of rotatable bonds is 1. The molecule has 0 saturated heterocycles. The van der Waals surface area contributed by atoms with Gasteiger partial charge in [-0.3, -0.25) is 0 Å². The van der Waals surface area contributed by atoms with Gasteiger partial charge in [0.1, 0.15) is 5.82 Å². The highest BCUT2D eigenvalue weighted by atomic mass is 14.9. The topological polar surface area (TPSA) is 24.9 Å². The van der Waals surface area contributed by atoms with E-state index < -0.39 is 0 Å². The molecule has 2 heteroatoms. The van der Waals surface area contributed by atoms with Gasteiger partial charge in [-0.15, -0.1) is 0 Å². The second-order valence-electron chi connectivity index (χ2n) is 1.81. The first-order chi connectivity index (χ1) is 4.34. The highest BCUT2D eigenvalue weighted by Gasteiger charge is 1.90. The Morgan fingerprint density at radius 3 is 2.89 bits per heavy atom. The Labute approximate surface area is 54.9 Å². The van der Waals surface area contributed by atoms with E-state index in [1.165, 1.54) is 0 Å². The number of pyridine rings is 1. The van der Waals surface area contributed by atoms with Gasteiger partial charge in [0.05, 0.1) is 7.05 Å². The van der Waals surface area contributed by atoms with E-state index >= 15 is 0 Å². The lowest BCUT2D eigenvalue weighted by molar-refractivity contribution is 1.26. The Morgan fingerprint density at radius 2 is 2.44 bits per heavy atom. The van der Waals surface area contributed by atoms with Crippen LogP contribution in [-0.2, 0) is 0 Å². The highest BCUT2D eigenvalue weighted by Crippen LogP contribution is 2.06. The molecule has 0 aliphatic heterocycles. The number of hydrogen-bond donors (Lipinski definition) is 1. The van der Waals surface area contributed by atoms with E-state index in [0.717, 1.165) is 11.4 Å². The fourth-order valence-corrected chi connectivity index (χ4v) is 0.637. The van der Waals surface area contributed by atoms with E-state index in [9.17, 15) is 0 Å². The molecule has 0 amide bonds. The Morgan fingerprint density at radius 1 is 1.67 bits per heavy atom. The second kappa shape index (κ2) is 2.49. The lowest BCUT2D eigenvalue weighted by Gasteiger charge is -1.99. The van der Waals surface area contributed by atoms with Gasteiger partial charge in [-0.2, -0.15) is 0 Å². The van der Waals surface area contributed by atoms with Crippen molar-refractivity contribution in [3.05, 3.63) is 30.9 Å². The van der Waals surface area contributed by atoms with E-state index in [1.807, 2.05) is 19.1 Å². The number of nitrogens with zero attached hydrogens (tertiary/aromatic N) is 1. The number of anilines is 1. The van der Waals surface area contributed by atoms with Gasteiger partial charge in [0.15, 0.2) is 0 Å². The Hall–Kier alpha value is -1.05. The van der Waals surface area contributed by atoms with Gasteiger partial charge in [0.2, 0.25) is 0 Å². The van der Waals surface area contributed by atoms with Crippen LogP contribution in [0, 0.1) is 14.0 Å². The molecule has 46 valence electrons. The number of aromatic nitrogens is 1. The smallest absolute Gasteiger partial charge is 0.129 e. The van der Waals surface area contributed by atoms with Crippen molar-refractivity contribution < 1.29 is 0 Å². The van der Waals surface area contributed by atoms with E-state index in [2.05, 4.69) is 10.3 Å². The number of nitrogens with one attached hydrogen (secondary N) is 1. The van der Waals surface area contributed by atoms with Gasteiger partial charge in [0.25, 0.3) is 0 Å². The molecule has 0 spiro atoms. The summed E-state index contributed by atoms with van der Waals surface area (Å²) >= 11 is 0. The average Bonchev–Trinajstić information content (AvgIpc) is 1.89. The van der Waals surface area contributed by atoms with Crippen LogP contribution in [0.2, 0.25) is 0 Å². The summed E-state index contributed by atoms with van der Waals surface area (Å²) in [6.45, 7) is 1.95. The van der Waals surface area contributed by atoms with Crippen LogP contribution in [0.1, 0.15) is 5.56 Å². The molecule has 9 heavy (non-hydrogen) atoms. The molecule has 1 aromatic rings. The maximum atomic E-state index is 5.14. The molecule has 0 saturated carbocycles. The third-order valence-corrected chi connectivity index (χ3v) is 1.15. The molecule has 1 rings (SSSR count). The summed E-state index contributed by atoms with van der Waals surface area (Å²) < 4.78 is 0. The van der Waals surface area contributed by atoms with E-state index in [0.29, 0.717) is 0 Å². The van der Waals surface area contributed by atoms with Crippen LogP contribution < -0.4 is 5.32 Å². The van der Waals surface area contributed by atoms with Crippen LogP contribution in [0.5, 0.6) is 0 Å². The maximum absolute atomic E-state index is 5.14. The molecule has 1 aromatic heterocycles. The SMILES string of the molecule is [CH]Nc1ncccc1C. The molecule has 1 heterocycles. The van der Waals surface area contributed by atoms with Gasteiger partial charge in [-0.25, -0.2) is 4.98 Å². The Bertz CT molecular complexity index is 196. The monoisotopic (exact) mass is 120 g/mol. The van der Waals surface area contributed by atoms with Gasteiger partial charge in [-0.05, 0) is 18.6 Å². The minimum absolute atomic E-state index is 0.734. The standard InChI is InChI=1S/C7H8N2/c1-6-4-3-5-9-7(6)8-2/h2-5H,1H3,(H,8,9). The van der Waals surface area contributed by atoms with Crippen molar-refractivity contribution in [2.24, 2.45) is 0 Å². The largest absolute Gasteiger partial charge is 0.363 e. The maximum Gasteiger partial charge on any atom is 0.129 e. The summed E-state index contributed by atoms with van der Waals surface area (Å²) in [7, 11) is 5.14. The molecular weight excluding hydrogens is 112 g/mol. The quantitative estimate of drug-likeness (QED) is 0.568. The third-order valence-electron chi connectivity index (χ3n) is 1.15. The molecule has 0 bridgehead atoms. The molecule has 0 fully saturated rings. The summed E-state index contributed by atoms with van der Waals surface area (Å²) in [6.07, 6.45) is 1.70. The molecule has 0 aromatic carbocycles. The molecule has 0 atom stereocenters. The fourth-order valence-electron chi connectivity index (χ4n) is 0.637. The molecule has 2 nitrogen and oxygen atoms in total. The summed E-state index contributed by atoms with van der Waals surface area (Å²) in [5.41, 5.74) is 1.06. The van der Waals surface area contributed by atoms with Crippen LogP contribution in [-0.4, -0.2) is 4.98 Å². The summed E-state index contributed by atoms with van der Waals surface area (Å²) in [6, 6.07) is 3.82. The third kappa shape index (κ3) is 1.19. The normalized spacial score (nSPS) is 9.11. The van der Waals surface area contributed by atoms with Crippen LogP contribution >= 0.6 is 0 Å². The van der Waals surface area contributed by atoms with Gasteiger partial charge < -0.3 is 5.32 Å². The van der Waals surface area contributed by atoms with E-state index in [4.69, 9.17) is 7.05 Å². The van der Waals surface area contributed by atoms with Crippen LogP contribution in [0.15, 0.2) is 18.3 Å². The minimum Gasteiger partial charge on any atom is -0.363 e. The molecule has 0 unspecified atom stereocenters. The van der Waals surface area contributed by atoms with Crippen molar-refractivity contribution in [1.82, 2.24) is 4.98 Å². The summed E-state index contributed by atoms with van der Waals surface area (Å²) in [5, 5.41) is 2.48. The first-order valence-electron chi connectivity index (χ1n) is 2.73. The number of aryl methyl sites for hydroxylation is 1. The minimum atomic E-state index is 0.734. The predicted molar refractivity (Wildman–Crippen MR) is 36.9 cm³/mol. The van der Waals surface area contributed by atoms with Gasteiger partial charge in [-0.1, -0.05) is 6.07 Å². The molecule has 0 aliphatic carbocycles. The first kappa shape index (κ1) is 6.08. The van der Waals surface area contributed by atoms with Crippen molar-refractivity contribution in [2.45, 2.75) is 6.92 Å².